The van der Waals surface area contributed by atoms with Crippen molar-refractivity contribution < 1.29 is 29.0 Å². The fourth-order valence-electron chi connectivity index (χ4n) is 9.26. The van der Waals surface area contributed by atoms with Crippen LogP contribution in [0.1, 0.15) is 112 Å². The van der Waals surface area contributed by atoms with Gasteiger partial charge in [-0.3, -0.25) is 29.5 Å². The summed E-state index contributed by atoms with van der Waals surface area (Å²) in [7, 11) is 0. The summed E-state index contributed by atoms with van der Waals surface area (Å²) in [6.45, 7) is 10.7. The lowest BCUT2D eigenvalue weighted by Crippen LogP contribution is -2.57. The number of carbonyl (C=O) groups excluding carboxylic acids is 4. The van der Waals surface area contributed by atoms with Gasteiger partial charge in [0.15, 0.2) is 5.13 Å². The maximum Gasteiger partial charge on any atom is 0.411 e. The minimum absolute atomic E-state index is 0.0353. The van der Waals surface area contributed by atoms with Crippen LogP contribution < -0.4 is 26.8 Å². The van der Waals surface area contributed by atoms with Gasteiger partial charge in [0.05, 0.1) is 49.3 Å². The Morgan fingerprint density at radius 2 is 1.65 bits per heavy atom. The Kier molecular flexibility index (Phi) is 16.8. The average molecular weight is 1020 g/mol. The summed E-state index contributed by atoms with van der Waals surface area (Å²) in [4.78, 5) is 83.3. The predicted molar refractivity (Wildman–Crippen MR) is 283 cm³/mol. The molecule has 2 fully saturated rings. The van der Waals surface area contributed by atoms with Crippen molar-refractivity contribution >= 4 is 67.5 Å². The fourth-order valence-corrected chi connectivity index (χ4v) is 11.0. The smallest absolute Gasteiger partial charge is 0.411 e. The first-order chi connectivity index (χ1) is 34.6. The van der Waals surface area contributed by atoms with E-state index in [1.807, 2.05) is 88.8 Å². The molecule has 5 N–H and O–H groups in total. The van der Waals surface area contributed by atoms with Crippen LogP contribution in [0.2, 0.25) is 0 Å². The van der Waals surface area contributed by atoms with Crippen LogP contribution >= 0.6 is 22.7 Å². The van der Waals surface area contributed by atoms with Crippen LogP contribution in [0, 0.1) is 19.3 Å². The number of aliphatic hydroxyl groups excluding tert-OH is 1. The molecule has 72 heavy (non-hydrogen) atoms. The number of hydrogen-bond acceptors (Lipinski definition) is 13. The molecule has 380 valence electrons. The third kappa shape index (κ3) is 13.1. The number of likely N-dealkylation sites (tertiary alicyclic amines) is 1. The Morgan fingerprint density at radius 3 is 2.40 bits per heavy atom. The summed E-state index contributed by atoms with van der Waals surface area (Å²) < 4.78 is 8.23. The lowest BCUT2D eigenvalue weighted by molar-refractivity contribution is -0.142. The highest BCUT2D eigenvalue weighted by molar-refractivity contribution is 7.22. The third-order valence-electron chi connectivity index (χ3n) is 13.4. The standard InChI is InChI=1S/C54H65N9O7S2/c1-33-43(60-53(69)70-41-13-9-8-10-14-41)25-39(29-56-33)37-19-21-42-45(26-37)72-52(59-42)55-23-11-6-7-12-24-62-30-38(20-22-46(62)65)49(66)61-48(54(3,4)5)51(68)63-31-40(64)27-44(63)50(67)57-28-35-15-17-36(18-16-35)47-34(2)58-32-71-47/h15-22,25-26,29-30,32,40-41,44,48,64H,6-14,23-24,27-28,31H2,1-5H3,(H,55,59)(H,57,67)(H,60,69)(H,61,66)/t40-,44+,48-/m1/s1. The molecule has 2 aromatic carbocycles. The zero-order valence-corrected chi connectivity index (χ0v) is 43.3. The van der Waals surface area contributed by atoms with E-state index in [9.17, 15) is 29.1 Å². The van der Waals surface area contributed by atoms with Crippen molar-refractivity contribution in [3.8, 4) is 21.6 Å². The largest absolute Gasteiger partial charge is 0.446 e. The van der Waals surface area contributed by atoms with Crippen LogP contribution in [0.3, 0.4) is 0 Å². The molecule has 8 rings (SSSR count). The number of pyridine rings is 2. The van der Waals surface area contributed by atoms with Gasteiger partial charge in [0.1, 0.15) is 18.2 Å². The van der Waals surface area contributed by atoms with Crippen molar-refractivity contribution in [1.29, 1.82) is 0 Å². The summed E-state index contributed by atoms with van der Waals surface area (Å²) in [6, 6.07) is 16.8. The molecule has 18 heteroatoms. The number of nitrogens with zero attached hydrogens (tertiary/aromatic N) is 5. The number of amides is 4. The van der Waals surface area contributed by atoms with E-state index in [-0.39, 0.29) is 42.6 Å². The van der Waals surface area contributed by atoms with Crippen LogP contribution in [-0.4, -0.2) is 90.7 Å². The van der Waals surface area contributed by atoms with Gasteiger partial charge in [0.2, 0.25) is 11.8 Å². The van der Waals surface area contributed by atoms with E-state index in [1.165, 1.54) is 34.2 Å². The second-order valence-electron chi connectivity index (χ2n) is 20.0. The minimum atomic E-state index is -1.03. The number of ether oxygens (including phenoxy) is 1. The van der Waals surface area contributed by atoms with Gasteiger partial charge in [0, 0.05) is 56.6 Å². The minimum Gasteiger partial charge on any atom is -0.446 e. The van der Waals surface area contributed by atoms with E-state index in [2.05, 4.69) is 37.3 Å². The predicted octanol–water partition coefficient (Wildman–Crippen LogP) is 9.24. The molecule has 0 spiro atoms. The number of unbranched alkanes of at least 4 members (excludes halogenated alkanes) is 3. The van der Waals surface area contributed by atoms with E-state index in [0.29, 0.717) is 17.9 Å². The van der Waals surface area contributed by atoms with E-state index in [1.54, 1.807) is 22.7 Å². The lowest BCUT2D eigenvalue weighted by atomic mass is 9.85. The number of rotatable bonds is 18. The molecule has 0 unspecified atom stereocenters. The number of benzene rings is 2. The molecule has 1 aliphatic heterocycles. The molecule has 3 atom stereocenters. The molecule has 6 aromatic rings. The summed E-state index contributed by atoms with van der Waals surface area (Å²) >= 11 is 3.15. The molecular formula is C54H65N9O7S2. The van der Waals surface area contributed by atoms with E-state index < -0.39 is 41.5 Å². The van der Waals surface area contributed by atoms with Gasteiger partial charge in [-0.1, -0.05) is 81.7 Å². The van der Waals surface area contributed by atoms with Crippen molar-refractivity contribution in [1.82, 2.24) is 35.1 Å². The molecule has 0 radical (unpaired) electrons. The van der Waals surface area contributed by atoms with Crippen LogP contribution in [0.5, 0.6) is 0 Å². The van der Waals surface area contributed by atoms with Crippen molar-refractivity contribution in [2.24, 2.45) is 5.41 Å². The number of anilines is 2. The maximum atomic E-state index is 14.2. The second kappa shape index (κ2) is 23.4. The van der Waals surface area contributed by atoms with E-state index >= 15 is 0 Å². The Balaban J connectivity index is 0.790. The summed E-state index contributed by atoms with van der Waals surface area (Å²) in [5, 5.41) is 23.7. The number of carbonyl (C=O) groups is 4. The monoisotopic (exact) mass is 1020 g/mol. The SMILES string of the molecule is Cc1ncc(-c2ccc3nc(NCCCCCCn4cc(C(=O)N[C@H](C(=O)N5C[C@H](O)C[C@H]5C(=O)NCc5ccc(-c6scnc6C)cc5)C(C)(C)C)ccc4=O)sc3c2)cc1NC(=O)OC1CCCCC1. The molecule has 16 nitrogen and oxygen atoms in total. The Hall–Kier alpha value is -6.50. The van der Waals surface area contributed by atoms with Gasteiger partial charge < -0.3 is 35.3 Å². The van der Waals surface area contributed by atoms with Crippen LogP contribution in [0.4, 0.5) is 15.6 Å². The highest BCUT2D eigenvalue weighted by Crippen LogP contribution is 2.33. The van der Waals surface area contributed by atoms with Crippen molar-refractivity contribution in [3.63, 3.8) is 0 Å². The quantitative estimate of drug-likeness (QED) is 0.0513. The molecule has 2 aliphatic rings. The second-order valence-corrected chi connectivity index (χ2v) is 21.9. The molecule has 4 aromatic heterocycles. The Bertz CT molecular complexity index is 2940. The normalized spacial score (nSPS) is 16.6. The number of aryl methyl sites for hydroxylation is 3. The van der Waals surface area contributed by atoms with Crippen molar-refractivity contribution in [2.45, 2.75) is 136 Å². The van der Waals surface area contributed by atoms with Crippen LogP contribution in [0.15, 0.2) is 83.4 Å². The van der Waals surface area contributed by atoms with Gasteiger partial charge in [-0.05, 0) is 98.7 Å². The zero-order valence-electron chi connectivity index (χ0n) is 41.7. The highest BCUT2D eigenvalue weighted by atomic mass is 32.1. The molecule has 0 bridgehead atoms. The summed E-state index contributed by atoms with van der Waals surface area (Å²) in [6.07, 6.45) is 10.6. The summed E-state index contributed by atoms with van der Waals surface area (Å²) in [5.74, 6) is -1.37. The molecule has 5 heterocycles. The van der Waals surface area contributed by atoms with Gasteiger partial charge in [-0.2, -0.15) is 0 Å². The Morgan fingerprint density at radius 1 is 0.889 bits per heavy atom. The molecule has 1 aliphatic carbocycles. The fraction of sp³-hybridized carbons (Fsp3) is 0.444. The third-order valence-corrected chi connectivity index (χ3v) is 15.4. The number of aliphatic hydroxyl groups is 1. The van der Waals surface area contributed by atoms with Crippen LogP contribution in [-0.2, 0) is 27.4 Å². The van der Waals surface area contributed by atoms with E-state index in [4.69, 9.17) is 9.72 Å². The Labute approximate surface area is 428 Å². The van der Waals surface area contributed by atoms with Crippen molar-refractivity contribution in [2.75, 3.05) is 23.7 Å². The maximum absolute atomic E-state index is 14.2. The number of thiazole rings is 2. The van der Waals surface area contributed by atoms with Crippen molar-refractivity contribution in [3.05, 3.63) is 111 Å². The molecular weight excluding hydrogens is 951 g/mol. The molecule has 1 saturated heterocycles. The number of hydrogen-bond donors (Lipinski definition) is 5. The van der Waals surface area contributed by atoms with E-state index in [0.717, 1.165) is 106 Å². The topological polar surface area (TPSA) is 210 Å². The first-order valence-corrected chi connectivity index (χ1v) is 26.7. The summed E-state index contributed by atoms with van der Waals surface area (Å²) in [5.41, 5.74) is 8.03. The number of fused-ring (bicyclic) bond motifs is 1. The lowest BCUT2D eigenvalue weighted by Gasteiger charge is -2.35. The van der Waals surface area contributed by atoms with Gasteiger partial charge in [-0.25, -0.2) is 14.8 Å². The first kappa shape index (κ1) is 51.8. The number of nitrogens with one attached hydrogen (secondary N) is 4. The molecule has 4 amide bonds. The van der Waals surface area contributed by atoms with Gasteiger partial charge >= 0.3 is 6.09 Å². The zero-order chi connectivity index (χ0) is 50.9. The average Bonchev–Trinajstić information content (AvgIpc) is 4.10. The highest BCUT2D eigenvalue weighted by Gasteiger charge is 2.44. The number of β-amino-alcohol motifs (C(OH)–C–C–N with tert-alkyl or cyclic N) is 1. The number of aromatic nitrogens is 4. The van der Waals surface area contributed by atoms with Gasteiger partial charge in [0.25, 0.3) is 11.5 Å². The van der Waals surface area contributed by atoms with Gasteiger partial charge in [-0.15, -0.1) is 11.3 Å². The van der Waals surface area contributed by atoms with Crippen LogP contribution in [0.25, 0.3) is 31.8 Å². The molecule has 1 saturated carbocycles. The first-order valence-electron chi connectivity index (χ1n) is 25.0.